The molecule has 0 aliphatic heterocycles. The van der Waals surface area contributed by atoms with Crippen LogP contribution in [0.25, 0.3) is 22.1 Å². The number of ether oxygens (including phenoxy) is 1. The van der Waals surface area contributed by atoms with Crippen molar-refractivity contribution in [2.24, 2.45) is 29.8 Å². The topological polar surface area (TPSA) is 170 Å². The minimum absolute atomic E-state index is 0.277. The average molecular weight is 791 g/mol. The van der Waals surface area contributed by atoms with Gasteiger partial charge in [-0.3, -0.25) is 23.7 Å². The Hall–Kier alpha value is -6.29. The number of aryl methyl sites for hydroxylation is 6. The van der Waals surface area contributed by atoms with Gasteiger partial charge in [-0.1, -0.05) is 23.3 Å². The van der Waals surface area contributed by atoms with Gasteiger partial charge in [0.1, 0.15) is 22.7 Å². The minimum atomic E-state index is -0.599. The van der Waals surface area contributed by atoms with Gasteiger partial charge in [-0.05, 0) is 98.5 Å². The van der Waals surface area contributed by atoms with Crippen LogP contribution in [0, 0.1) is 13.8 Å². The fraction of sp³-hybridized carbons (Fsp3) is 0.405. The molecule has 2 N–H and O–H groups in total. The van der Waals surface area contributed by atoms with Crippen molar-refractivity contribution in [3.05, 3.63) is 99.3 Å². The van der Waals surface area contributed by atoms with Crippen molar-refractivity contribution in [2.75, 3.05) is 27.2 Å². The van der Waals surface area contributed by atoms with Crippen LogP contribution < -0.4 is 21.7 Å². The largest absolute Gasteiger partial charge is 0.491 e. The monoisotopic (exact) mass is 790 g/mol. The molecule has 0 spiro atoms. The van der Waals surface area contributed by atoms with Gasteiger partial charge in [0.2, 0.25) is 17.1 Å². The van der Waals surface area contributed by atoms with E-state index in [0.29, 0.717) is 77.9 Å². The lowest BCUT2D eigenvalue weighted by atomic mass is 10.1. The Morgan fingerprint density at radius 3 is 1.81 bits per heavy atom. The van der Waals surface area contributed by atoms with E-state index in [1.807, 2.05) is 108 Å². The van der Waals surface area contributed by atoms with Crippen molar-refractivity contribution in [3.63, 3.8) is 0 Å². The van der Waals surface area contributed by atoms with Crippen LogP contribution in [0.1, 0.15) is 76.8 Å². The molecule has 0 saturated heterocycles. The zero-order valence-corrected chi connectivity index (χ0v) is 35.2. The number of hydrogen-bond donors (Lipinski definition) is 1. The molecule has 6 rings (SSSR count). The maximum Gasteiger partial charge on any atom is 0.298 e. The number of amides is 3. The second-order valence-electron chi connectivity index (χ2n) is 15.0. The SMILES string of the molecule is CCn1nc(C)cc1C(=O)/N=c1\n(C)c2ccccc2n1C/C(C)=C(\C)Cn1/c(=N/C(=O)c2cc(C)nn2CC)n(C)c2cc(C(N)=O)cc(OCCCN(C)C)c21. The summed E-state index contributed by atoms with van der Waals surface area (Å²) in [5, 5.41) is 8.93. The molecule has 0 aliphatic carbocycles. The molecule has 4 heterocycles. The second-order valence-corrected chi connectivity index (χ2v) is 15.0. The molecular weight excluding hydrogens is 737 g/mol. The molecule has 58 heavy (non-hydrogen) atoms. The van der Waals surface area contributed by atoms with Gasteiger partial charge in [0.05, 0.1) is 34.5 Å². The first-order valence-corrected chi connectivity index (χ1v) is 19.5. The van der Waals surface area contributed by atoms with Crippen LogP contribution in [0.3, 0.4) is 0 Å². The number of hydrogen-bond acceptors (Lipinski definition) is 7. The molecule has 16 heteroatoms. The summed E-state index contributed by atoms with van der Waals surface area (Å²) in [5.74, 6) is -0.974. The molecule has 306 valence electrons. The van der Waals surface area contributed by atoms with Crippen LogP contribution in [0.5, 0.6) is 5.75 Å². The lowest BCUT2D eigenvalue weighted by molar-refractivity contribution is 0.0977. The van der Waals surface area contributed by atoms with Crippen LogP contribution in [-0.2, 0) is 40.3 Å². The first-order chi connectivity index (χ1) is 27.6. The highest BCUT2D eigenvalue weighted by Gasteiger charge is 2.22. The Kier molecular flexibility index (Phi) is 12.2. The Labute approximate surface area is 337 Å². The molecule has 3 amide bonds. The third kappa shape index (κ3) is 8.23. The minimum Gasteiger partial charge on any atom is -0.491 e. The smallest absolute Gasteiger partial charge is 0.298 e. The highest BCUT2D eigenvalue weighted by atomic mass is 16.5. The first-order valence-electron chi connectivity index (χ1n) is 19.5. The average Bonchev–Trinajstić information content (AvgIpc) is 3.91. The van der Waals surface area contributed by atoms with Gasteiger partial charge in [0.25, 0.3) is 11.8 Å². The molecule has 0 saturated carbocycles. The molecule has 0 bridgehead atoms. The van der Waals surface area contributed by atoms with Crippen LogP contribution in [0.4, 0.5) is 0 Å². The number of benzene rings is 2. The van der Waals surface area contributed by atoms with E-state index in [1.54, 1.807) is 38.2 Å². The molecule has 6 aromatic rings. The molecule has 0 radical (unpaired) electrons. The Balaban J connectivity index is 1.52. The van der Waals surface area contributed by atoms with Gasteiger partial charge in [-0.2, -0.15) is 20.2 Å². The van der Waals surface area contributed by atoms with Crippen LogP contribution in [0.15, 0.2) is 69.7 Å². The highest BCUT2D eigenvalue weighted by Crippen LogP contribution is 2.29. The molecule has 0 fully saturated rings. The van der Waals surface area contributed by atoms with E-state index in [1.165, 1.54) is 0 Å². The number of para-hydroxylation sites is 2. The number of rotatable bonds is 14. The molecule has 0 unspecified atom stereocenters. The number of primary amides is 1. The van der Waals surface area contributed by atoms with Crippen molar-refractivity contribution in [1.82, 2.24) is 42.7 Å². The number of carbonyl (C=O) groups is 3. The number of nitrogens with zero attached hydrogens (tertiary/aromatic N) is 11. The molecule has 2 aromatic carbocycles. The summed E-state index contributed by atoms with van der Waals surface area (Å²) in [6.45, 7) is 14.6. The number of aromatic nitrogens is 8. The van der Waals surface area contributed by atoms with E-state index in [0.717, 1.165) is 40.8 Å². The van der Waals surface area contributed by atoms with Gasteiger partial charge >= 0.3 is 0 Å². The fourth-order valence-electron chi connectivity index (χ4n) is 7.23. The zero-order valence-electron chi connectivity index (χ0n) is 35.2. The predicted molar refractivity (Wildman–Crippen MR) is 222 cm³/mol. The van der Waals surface area contributed by atoms with Crippen LogP contribution in [0.2, 0.25) is 0 Å². The lowest BCUT2D eigenvalue weighted by Gasteiger charge is -2.15. The molecule has 0 aliphatic rings. The van der Waals surface area contributed by atoms with E-state index in [2.05, 4.69) is 20.1 Å². The first kappa shape index (κ1) is 41.3. The van der Waals surface area contributed by atoms with Gasteiger partial charge < -0.3 is 33.6 Å². The Bertz CT molecular complexity index is 2730. The van der Waals surface area contributed by atoms with Gasteiger partial charge in [0, 0.05) is 52.4 Å². The van der Waals surface area contributed by atoms with E-state index >= 15 is 0 Å². The molecule has 0 atom stereocenters. The van der Waals surface area contributed by atoms with Gasteiger partial charge in [0.15, 0.2) is 0 Å². The van der Waals surface area contributed by atoms with E-state index in [4.69, 9.17) is 15.5 Å². The summed E-state index contributed by atoms with van der Waals surface area (Å²) in [6.07, 6.45) is 0.745. The number of carbonyl (C=O) groups excluding carboxylic acids is 3. The van der Waals surface area contributed by atoms with Gasteiger partial charge in [-0.25, -0.2) is 0 Å². The number of nitrogens with two attached hydrogens (primary N) is 1. The highest BCUT2D eigenvalue weighted by molar-refractivity contribution is 5.99. The summed E-state index contributed by atoms with van der Waals surface area (Å²) in [7, 11) is 7.71. The second kappa shape index (κ2) is 17.1. The van der Waals surface area contributed by atoms with Crippen molar-refractivity contribution in [1.29, 1.82) is 0 Å². The van der Waals surface area contributed by atoms with Crippen molar-refractivity contribution in [3.8, 4) is 5.75 Å². The molecule has 16 nitrogen and oxygen atoms in total. The van der Waals surface area contributed by atoms with E-state index < -0.39 is 11.8 Å². The van der Waals surface area contributed by atoms with E-state index in [9.17, 15) is 14.4 Å². The van der Waals surface area contributed by atoms with Crippen molar-refractivity contribution >= 4 is 39.8 Å². The zero-order chi connectivity index (χ0) is 42.0. The van der Waals surface area contributed by atoms with Crippen molar-refractivity contribution in [2.45, 2.75) is 74.1 Å². The number of allylic oxidation sites excluding steroid dienone is 2. The van der Waals surface area contributed by atoms with Gasteiger partial charge in [-0.15, -0.1) is 0 Å². The third-order valence-corrected chi connectivity index (χ3v) is 10.4. The Morgan fingerprint density at radius 2 is 1.28 bits per heavy atom. The van der Waals surface area contributed by atoms with Crippen LogP contribution in [-0.4, -0.2) is 87.7 Å². The summed E-state index contributed by atoms with van der Waals surface area (Å²) < 4.78 is 17.4. The third-order valence-electron chi connectivity index (χ3n) is 10.4. The quantitative estimate of drug-likeness (QED) is 0.127. The lowest BCUT2D eigenvalue weighted by Crippen LogP contribution is -2.28. The standard InChI is InChI=1S/C42H54N12O4/c1-11-53-34(20-28(5)46-53)39(56)44-41-49(9)31-16-13-14-17-32(31)51(41)24-26(3)27(4)25-52-37-33(22-30(38(43)55)23-36(37)58-19-15-18-48(7)8)50(10)42(52)45-40(57)35-21-29(6)47-54(35)12-2/h13-14,16-17,20-23H,11-12,15,18-19,24-25H2,1-10H3,(H2,43,55)/b27-26+,44-41+,45-42+. The maximum absolute atomic E-state index is 14.0. The maximum atomic E-state index is 14.0. The van der Waals surface area contributed by atoms with E-state index in [-0.39, 0.29) is 11.5 Å². The number of fused-ring (bicyclic) bond motifs is 2. The van der Waals surface area contributed by atoms with Crippen molar-refractivity contribution < 1.29 is 19.1 Å². The molecule has 4 aromatic heterocycles. The summed E-state index contributed by atoms with van der Waals surface area (Å²) in [6, 6.07) is 14.8. The predicted octanol–water partition coefficient (Wildman–Crippen LogP) is 4.27. The summed E-state index contributed by atoms with van der Waals surface area (Å²) in [5.41, 5.74) is 14.3. The Morgan fingerprint density at radius 1 is 0.759 bits per heavy atom. The number of imidazole rings is 2. The molecular formula is C42H54N12O4. The normalized spacial score (nSPS) is 13.0. The van der Waals surface area contributed by atoms with Crippen LogP contribution >= 0.6 is 0 Å². The fourth-order valence-corrected chi connectivity index (χ4v) is 7.23. The summed E-state index contributed by atoms with van der Waals surface area (Å²) >= 11 is 0. The summed E-state index contributed by atoms with van der Waals surface area (Å²) in [4.78, 5) is 51.7.